The summed E-state index contributed by atoms with van der Waals surface area (Å²) in [5, 5.41) is 2.70. The Kier molecular flexibility index (Phi) is 6.02. The van der Waals surface area contributed by atoms with Gasteiger partial charge in [0.15, 0.2) is 0 Å². The van der Waals surface area contributed by atoms with Gasteiger partial charge in [0, 0.05) is 6.20 Å². The van der Waals surface area contributed by atoms with Gasteiger partial charge in [0.05, 0.1) is 5.70 Å². The van der Waals surface area contributed by atoms with E-state index in [1.165, 1.54) is 12.3 Å². The zero-order chi connectivity index (χ0) is 11.8. The van der Waals surface area contributed by atoms with E-state index in [9.17, 15) is 4.79 Å². The molecule has 0 saturated carbocycles. The minimum absolute atomic E-state index is 0.245. The van der Waals surface area contributed by atoms with Crippen LogP contribution in [0.4, 0.5) is 0 Å². The quantitative estimate of drug-likeness (QED) is 0.419. The van der Waals surface area contributed by atoms with Crippen LogP contribution in [0.3, 0.4) is 0 Å². The summed E-state index contributed by atoms with van der Waals surface area (Å²) in [7, 11) is 0. The number of allylic oxidation sites excluding steroid dienone is 2. The lowest BCUT2D eigenvalue weighted by molar-refractivity contribution is -0.115. The molecular formula is C12H18N2O. The molecule has 0 aliphatic heterocycles. The maximum Gasteiger partial charge on any atom is 0.247 e. The lowest BCUT2D eigenvalue weighted by Gasteiger charge is -2.14. The highest BCUT2D eigenvalue weighted by Crippen LogP contribution is 2.17. The van der Waals surface area contributed by atoms with Crippen LogP contribution in [0.2, 0.25) is 0 Å². The average molecular weight is 206 g/mol. The van der Waals surface area contributed by atoms with E-state index in [1.807, 2.05) is 26.8 Å². The Balaban J connectivity index is 4.97. The van der Waals surface area contributed by atoms with Crippen LogP contribution in [0.1, 0.15) is 20.8 Å². The van der Waals surface area contributed by atoms with E-state index >= 15 is 0 Å². The van der Waals surface area contributed by atoms with Gasteiger partial charge in [-0.1, -0.05) is 26.5 Å². The predicted octanol–water partition coefficient (Wildman–Crippen LogP) is 2.43. The fourth-order valence-corrected chi connectivity index (χ4v) is 1.25. The molecule has 0 heterocycles. The van der Waals surface area contributed by atoms with E-state index in [1.54, 1.807) is 0 Å². The van der Waals surface area contributed by atoms with Crippen LogP contribution in [-0.4, -0.2) is 12.6 Å². The van der Waals surface area contributed by atoms with Crippen LogP contribution in [0.5, 0.6) is 0 Å². The van der Waals surface area contributed by atoms with Crippen molar-refractivity contribution in [2.45, 2.75) is 20.8 Å². The summed E-state index contributed by atoms with van der Waals surface area (Å²) in [5.41, 5.74) is 1.70. The van der Waals surface area contributed by atoms with Crippen molar-refractivity contribution < 1.29 is 4.79 Å². The standard InChI is InChI=1S/C12H18N2O/c1-6-10(9(3)4)11(8-13-5)14-12(15)7-2/h6-9H,2,5H2,1,3-4H3,(H,14,15)/b10-6-,11-8+. The summed E-state index contributed by atoms with van der Waals surface area (Å²) in [6, 6.07) is 0. The van der Waals surface area contributed by atoms with Gasteiger partial charge in [-0.2, -0.15) is 0 Å². The van der Waals surface area contributed by atoms with Gasteiger partial charge in [-0.25, -0.2) is 0 Å². The van der Waals surface area contributed by atoms with E-state index in [2.05, 4.69) is 23.6 Å². The summed E-state index contributed by atoms with van der Waals surface area (Å²) >= 11 is 0. The summed E-state index contributed by atoms with van der Waals surface area (Å²) < 4.78 is 0. The molecule has 0 rings (SSSR count). The first kappa shape index (κ1) is 13.4. The maximum atomic E-state index is 11.2. The van der Waals surface area contributed by atoms with Gasteiger partial charge in [-0.05, 0) is 31.2 Å². The summed E-state index contributed by atoms with van der Waals surface area (Å²) in [6.45, 7) is 12.8. The highest BCUT2D eigenvalue weighted by Gasteiger charge is 2.09. The molecule has 0 fully saturated rings. The fraction of sp³-hybridized carbons (Fsp3) is 0.333. The van der Waals surface area contributed by atoms with Crippen molar-refractivity contribution in [2.24, 2.45) is 10.9 Å². The van der Waals surface area contributed by atoms with Gasteiger partial charge in [0.1, 0.15) is 0 Å². The molecule has 82 valence electrons. The van der Waals surface area contributed by atoms with Gasteiger partial charge in [0.25, 0.3) is 0 Å². The van der Waals surface area contributed by atoms with Crippen molar-refractivity contribution in [1.29, 1.82) is 0 Å². The topological polar surface area (TPSA) is 41.5 Å². The highest BCUT2D eigenvalue weighted by molar-refractivity contribution is 5.88. The number of hydrogen-bond acceptors (Lipinski definition) is 2. The molecule has 0 aliphatic carbocycles. The molecule has 1 amide bonds. The zero-order valence-corrected chi connectivity index (χ0v) is 9.58. The van der Waals surface area contributed by atoms with Gasteiger partial charge in [0.2, 0.25) is 5.91 Å². The summed E-state index contributed by atoms with van der Waals surface area (Å²) in [5.74, 6) is 0.0676. The molecule has 0 aromatic heterocycles. The minimum atomic E-state index is -0.245. The number of aliphatic imine (C=N–C) groups is 1. The Morgan fingerprint density at radius 2 is 2.07 bits per heavy atom. The molecular weight excluding hydrogens is 188 g/mol. The number of nitrogens with one attached hydrogen (secondary N) is 1. The largest absolute Gasteiger partial charge is 0.321 e. The van der Waals surface area contributed by atoms with Crippen LogP contribution in [0, 0.1) is 5.92 Å². The van der Waals surface area contributed by atoms with Crippen molar-refractivity contribution in [3.63, 3.8) is 0 Å². The third kappa shape index (κ3) is 4.40. The van der Waals surface area contributed by atoms with E-state index in [0.717, 1.165) is 5.57 Å². The van der Waals surface area contributed by atoms with Crippen molar-refractivity contribution in [2.75, 3.05) is 0 Å². The Labute approximate surface area is 91.3 Å². The van der Waals surface area contributed by atoms with E-state index in [-0.39, 0.29) is 5.91 Å². The average Bonchev–Trinajstić information content (AvgIpc) is 2.18. The van der Waals surface area contributed by atoms with Gasteiger partial charge in [-0.3, -0.25) is 9.79 Å². The first-order valence-electron chi connectivity index (χ1n) is 4.82. The third-order valence-corrected chi connectivity index (χ3v) is 1.91. The molecule has 15 heavy (non-hydrogen) atoms. The fourth-order valence-electron chi connectivity index (χ4n) is 1.25. The normalized spacial score (nSPS) is 12.5. The molecule has 1 N–H and O–H groups in total. The number of carbonyl (C=O) groups excluding carboxylic acids is 1. The number of carbonyl (C=O) groups is 1. The molecule has 0 aliphatic rings. The first-order chi connectivity index (χ1) is 7.06. The van der Waals surface area contributed by atoms with Crippen LogP contribution < -0.4 is 5.32 Å². The van der Waals surface area contributed by atoms with Crippen molar-refractivity contribution in [3.8, 4) is 0 Å². The Hall–Kier alpha value is -1.64. The van der Waals surface area contributed by atoms with Crippen molar-refractivity contribution >= 4 is 12.6 Å². The SMILES string of the molecule is C=CC(=O)NC(=C/N=C)/C(=C\C)C(C)C. The molecule has 0 unspecified atom stereocenters. The number of nitrogens with zero attached hydrogens (tertiary/aromatic N) is 1. The van der Waals surface area contributed by atoms with Crippen molar-refractivity contribution in [1.82, 2.24) is 5.32 Å². The second-order valence-corrected chi connectivity index (χ2v) is 3.32. The summed E-state index contributed by atoms with van der Waals surface area (Å²) in [6.07, 6.45) is 4.71. The summed E-state index contributed by atoms with van der Waals surface area (Å²) in [4.78, 5) is 14.9. The molecule has 0 atom stereocenters. The van der Waals surface area contributed by atoms with Crippen LogP contribution in [0.25, 0.3) is 0 Å². The third-order valence-electron chi connectivity index (χ3n) is 1.91. The number of hydrogen-bond donors (Lipinski definition) is 1. The predicted molar refractivity (Wildman–Crippen MR) is 64.6 cm³/mol. The maximum absolute atomic E-state index is 11.2. The molecule has 3 heteroatoms. The van der Waals surface area contributed by atoms with Crippen LogP contribution in [0.15, 0.2) is 41.2 Å². The first-order valence-corrected chi connectivity index (χ1v) is 4.82. The van der Waals surface area contributed by atoms with E-state index < -0.39 is 0 Å². The monoisotopic (exact) mass is 206 g/mol. The lowest BCUT2D eigenvalue weighted by atomic mass is 10.00. The van der Waals surface area contributed by atoms with E-state index in [0.29, 0.717) is 11.6 Å². The number of rotatable bonds is 5. The van der Waals surface area contributed by atoms with Gasteiger partial charge < -0.3 is 5.32 Å². The van der Waals surface area contributed by atoms with Gasteiger partial charge >= 0.3 is 0 Å². The molecule has 0 saturated heterocycles. The Morgan fingerprint density at radius 1 is 1.47 bits per heavy atom. The smallest absolute Gasteiger partial charge is 0.247 e. The molecule has 0 aromatic rings. The molecule has 0 bridgehead atoms. The second-order valence-electron chi connectivity index (χ2n) is 3.32. The Morgan fingerprint density at radius 3 is 2.40 bits per heavy atom. The molecule has 0 spiro atoms. The van der Waals surface area contributed by atoms with Gasteiger partial charge in [-0.15, -0.1) is 0 Å². The lowest BCUT2D eigenvalue weighted by Crippen LogP contribution is -2.22. The van der Waals surface area contributed by atoms with Crippen LogP contribution >= 0.6 is 0 Å². The molecule has 0 aromatic carbocycles. The van der Waals surface area contributed by atoms with Crippen molar-refractivity contribution in [3.05, 3.63) is 36.2 Å². The van der Waals surface area contributed by atoms with Crippen LogP contribution in [-0.2, 0) is 4.79 Å². The number of amides is 1. The Bertz CT molecular complexity index is 312. The minimum Gasteiger partial charge on any atom is -0.321 e. The van der Waals surface area contributed by atoms with E-state index in [4.69, 9.17) is 0 Å². The molecule has 3 nitrogen and oxygen atoms in total. The molecule has 0 radical (unpaired) electrons. The second kappa shape index (κ2) is 6.76. The highest BCUT2D eigenvalue weighted by atomic mass is 16.1. The zero-order valence-electron chi connectivity index (χ0n) is 9.58.